The van der Waals surface area contributed by atoms with Crippen molar-refractivity contribution in [2.24, 2.45) is 0 Å². The molecule has 2 heterocycles. The number of nitrogens with zero attached hydrogens (tertiary/aromatic N) is 4. The van der Waals surface area contributed by atoms with Crippen LogP contribution >= 0.6 is 31.9 Å². The van der Waals surface area contributed by atoms with E-state index in [1.54, 1.807) is 48.5 Å². The van der Waals surface area contributed by atoms with Gasteiger partial charge >= 0.3 is 0 Å². The van der Waals surface area contributed by atoms with Crippen LogP contribution in [0.1, 0.15) is 48.7 Å². The Morgan fingerprint density at radius 2 is 1.85 bits per heavy atom. The highest BCUT2D eigenvalue weighted by molar-refractivity contribution is 9.10. The molecule has 46 heavy (non-hydrogen) atoms. The lowest BCUT2D eigenvalue weighted by Crippen LogP contribution is -2.28. The largest absolute Gasteiger partial charge is 0.369 e. The van der Waals surface area contributed by atoms with E-state index in [1.807, 2.05) is 13.8 Å². The van der Waals surface area contributed by atoms with Crippen LogP contribution < -0.4 is 4.90 Å². The topological polar surface area (TPSA) is 137 Å². The molecule has 1 aliphatic rings. The number of carbonyl (C=O) groups is 1. The summed E-state index contributed by atoms with van der Waals surface area (Å²) in [4.78, 5) is 35.7. The first-order valence-electron chi connectivity index (χ1n) is 13.7. The molecule has 0 N–H and O–H groups in total. The molecule has 2 aromatic carbocycles. The summed E-state index contributed by atoms with van der Waals surface area (Å²) in [6, 6.07) is 12.6. The normalized spacial score (nSPS) is 14.3. The number of pyridine rings is 1. The van der Waals surface area contributed by atoms with Gasteiger partial charge in [0.2, 0.25) is 5.70 Å². The first kappa shape index (κ1) is 40.3. The third-order valence-electron chi connectivity index (χ3n) is 5.95. The highest BCUT2D eigenvalue weighted by Crippen LogP contribution is 2.43. The van der Waals surface area contributed by atoms with Gasteiger partial charge in [0.25, 0.3) is 11.6 Å². The zero-order chi connectivity index (χ0) is 35.0. The summed E-state index contributed by atoms with van der Waals surface area (Å²) in [6.45, 7) is 9.26. The third-order valence-corrected chi connectivity index (χ3v) is 8.80. The van der Waals surface area contributed by atoms with E-state index in [9.17, 15) is 38.0 Å². The first-order valence-corrected chi connectivity index (χ1v) is 16.9. The molecule has 1 atom stereocenters. The van der Waals surface area contributed by atoms with Crippen molar-refractivity contribution in [2.45, 2.75) is 44.6 Å². The molecule has 0 aliphatic carbocycles. The maximum atomic E-state index is 14.2. The Kier molecular flexibility index (Phi) is 17.3. The van der Waals surface area contributed by atoms with Crippen LogP contribution in [0, 0.1) is 20.2 Å². The summed E-state index contributed by atoms with van der Waals surface area (Å²) in [7, 11) is 0.183. The number of nitro groups is 2. The molecule has 0 amide bonds. The molecule has 10 nitrogen and oxygen atoms in total. The fourth-order valence-corrected chi connectivity index (χ4v) is 5.92. The van der Waals surface area contributed by atoms with Gasteiger partial charge in [-0.15, -0.1) is 0 Å². The Labute approximate surface area is 285 Å². The Bertz CT molecular complexity index is 1580. The van der Waals surface area contributed by atoms with Crippen LogP contribution in [0.2, 0.25) is 0 Å². The fraction of sp³-hybridized carbons (Fsp3) is 0.290. The predicted molar refractivity (Wildman–Crippen MR) is 184 cm³/mol. The molecule has 248 valence electrons. The minimum absolute atomic E-state index is 0.0684. The number of rotatable bonds is 8. The maximum Gasteiger partial charge on any atom is 0.283 e. The number of carbonyl (C=O) groups excluding carboxylic acids is 1. The predicted octanol–water partition coefficient (Wildman–Crippen LogP) is 8.64. The molecule has 15 heteroatoms. The van der Waals surface area contributed by atoms with E-state index < -0.39 is 33.0 Å². The van der Waals surface area contributed by atoms with E-state index in [0.717, 1.165) is 6.29 Å². The summed E-state index contributed by atoms with van der Waals surface area (Å²) in [5, 5.41) is 21.7. The molecule has 0 radical (unpaired) electrons. The molecule has 0 saturated heterocycles. The monoisotopic (exact) mass is 786 g/mol. The van der Waals surface area contributed by atoms with E-state index >= 15 is 0 Å². The fourth-order valence-electron chi connectivity index (χ4n) is 3.80. The molecule has 0 fully saturated rings. The van der Waals surface area contributed by atoms with Crippen molar-refractivity contribution in [3.8, 4) is 0 Å². The van der Waals surface area contributed by atoms with Crippen molar-refractivity contribution in [3.05, 3.63) is 126 Å². The van der Waals surface area contributed by atoms with E-state index in [1.165, 1.54) is 37.4 Å². The van der Waals surface area contributed by atoms with Gasteiger partial charge in [-0.3, -0.25) is 34.2 Å². The van der Waals surface area contributed by atoms with Crippen LogP contribution in [0.15, 0.2) is 94.2 Å². The Balaban J connectivity index is 0.000000433. The molecular weight excluding hydrogens is 754 g/mol. The van der Waals surface area contributed by atoms with Crippen LogP contribution in [0.25, 0.3) is 0 Å². The van der Waals surface area contributed by atoms with Gasteiger partial charge in [0.1, 0.15) is 0 Å². The van der Waals surface area contributed by atoms with Crippen LogP contribution in [-0.4, -0.2) is 43.5 Å². The number of fused-ring (bicyclic) bond motifs is 1. The van der Waals surface area contributed by atoms with Gasteiger partial charge in [0.05, 0.1) is 35.7 Å². The second-order valence-electron chi connectivity index (χ2n) is 9.30. The molecule has 3 aromatic rings. The second kappa shape index (κ2) is 19.7. The number of anilines is 1. The van der Waals surface area contributed by atoms with Gasteiger partial charge in [-0.05, 0) is 51.3 Å². The van der Waals surface area contributed by atoms with Gasteiger partial charge < -0.3 is 4.90 Å². The zero-order valence-electron chi connectivity index (χ0n) is 25.6. The van der Waals surface area contributed by atoms with Crippen LogP contribution in [0.4, 0.5) is 20.2 Å². The quantitative estimate of drug-likeness (QED) is 0.0728. The standard InChI is InChI=1S/C17H15BrF2N2O3S.C6H8BrNO2.C6H5NO.C2H6/c1-21(10-11-5-6-13(18)15(9-11)22(23)24)14-4-2-3-12-16(14)26(25)8-7-17(12,19)20;1-5(4-7)3-6(2)8(9)10;8-5-6-2-1-3-7-4-6;1-2/h2-6,9H,7-8,10H2,1H3;3H,1,4H2,2H3;1-5H;1-2H3/b;6-3+;;. The number of halogens is 4. The summed E-state index contributed by atoms with van der Waals surface area (Å²) < 4.78 is 41.1. The van der Waals surface area contributed by atoms with Crippen molar-refractivity contribution in [1.82, 2.24) is 4.98 Å². The van der Waals surface area contributed by atoms with E-state index in [2.05, 4.69) is 43.4 Å². The summed E-state index contributed by atoms with van der Waals surface area (Å²) >= 11 is 6.26. The zero-order valence-corrected chi connectivity index (χ0v) is 29.6. The number of aldehydes is 1. The van der Waals surface area contributed by atoms with Crippen molar-refractivity contribution >= 4 is 60.3 Å². The number of hydrogen-bond acceptors (Lipinski definition) is 8. The molecule has 1 aromatic heterocycles. The van der Waals surface area contributed by atoms with Crippen LogP contribution in [-0.2, 0) is 23.3 Å². The average molecular weight is 789 g/mol. The molecule has 1 aliphatic heterocycles. The van der Waals surface area contributed by atoms with Crippen molar-refractivity contribution < 1.29 is 27.6 Å². The molecule has 1 unspecified atom stereocenters. The number of nitro benzene ring substituents is 1. The molecule has 0 saturated carbocycles. The molecule has 4 rings (SSSR count). The third kappa shape index (κ3) is 12.2. The van der Waals surface area contributed by atoms with Gasteiger partial charge in [-0.2, -0.15) is 0 Å². The van der Waals surface area contributed by atoms with Crippen molar-refractivity contribution in [3.63, 3.8) is 0 Å². The SMILES string of the molecule is C=C(/C=C(\C)[N+](=O)[O-])CBr.CC.CN(Cc1ccc(Br)c([N+](=O)[O-])c1)c1cccc2c1S(=O)CCC2(F)F.O=Cc1cccnc1. The Hall–Kier alpha value is -3.69. The van der Waals surface area contributed by atoms with Crippen molar-refractivity contribution in [1.29, 1.82) is 0 Å². The number of alkyl halides is 3. The lowest BCUT2D eigenvalue weighted by Gasteiger charge is -2.29. The lowest BCUT2D eigenvalue weighted by molar-refractivity contribution is -0.424. The summed E-state index contributed by atoms with van der Waals surface area (Å²) in [5.41, 5.74) is 2.26. The van der Waals surface area contributed by atoms with Crippen molar-refractivity contribution in [2.75, 3.05) is 23.0 Å². The van der Waals surface area contributed by atoms with Gasteiger partial charge in [0.15, 0.2) is 6.29 Å². The minimum atomic E-state index is -3.00. The van der Waals surface area contributed by atoms with Gasteiger partial charge in [-0.1, -0.05) is 54.6 Å². The number of hydrogen-bond donors (Lipinski definition) is 0. The summed E-state index contributed by atoms with van der Waals surface area (Å²) in [6.07, 6.45) is 4.93. The highest BCUT2D eigenvalue weighted by atomic mass is 79.9. The van der Waals surface area contributed by atoms with Gasteiger partial charge in [0, 0.05) is 73.7 Å². The Morgan fingerprint density at radius 3 is 2.37 bits per heavy atom. The maximum absolute atomic E-state index is 14.2. The minimum Gasteiger partial charge on any atom is -0.369 e. The highest BCUT2D eigenvalue weighted by Gasteiger charge is 2.41. The van der Waals surface area contributed by atoms with Crippen LogP contribution in [0.3, 0.4) is 0 Å². The van der Waals surface area contributed by atoms with E-state index in [0.29, 0.717) is 32.2 Å². The number of benzene rings is 2. The molecular formula is C31H34Br2F2N4O6S. The van der Waals surface area contributed by atoms with Crippen LogP contribution in [0.5, 0.6) is 0 Å². The average Bonchev–Trinajstić information content (AvgIpc) is 3.05. The smallest absolute Gasteiger partial charge is 0.283 e. The Morgan fingerprint density at radius 1 is 1.17 bits per heavy atom. The lowest BCUT2D eigenvalue weighted by atomic mass is 10.0. The second-order valence-corrected chi connectivity index (χ2v) is 12.2. The molecule has 0 bridgehead atoms. The number of aromatic nitrogens is 1. The number of allylic oxidation sites excluding steroid dienone is 3. The first-order chi connectivity index (χ1) is 21.7. The summed E-state index contributed by atoms with van der Waals surface area (Å²) in [5.74, 6) is -3.09. The van der Waals surface area contributed by atoms with E-state index in [4.69, 9.17) is 0 Å². The molecule has 0 spiro atoms. The van der Waals surface area contributed by atoms with Gasteiger partial charge in [-0.25, -0.2) is 8.78 Å². The van der Waals surface area contributed by atoms with E-state index in [-0.39, 0.29) is 34.1 Å².